The number of aromatic nitrogens is 4. The number of nitrogens with zero attached hydrogens (tertiary/aromatic N) is 4. The van der Waals surface area contributed by atoms with E-state index in [1.165, 1.54) is 52.2 Å². The van der Waals surface area contributed by atoms with Crippen molar-refractivity contribution in [2.75, 3.05) is 0 Å². The molecule has 4 nitrogen and oxygen atoms in total. The third-order valence-electron chi connectivity index (χ3n) is 10.2. The summed E-state index contributed by atoms with van der Waals surface area (Å²) in [6.07, 6.45) is 0. The second-order valence-corrected chi connectivity index (χ2v) is 15.5. The molecule has 0 atom stereocenters. The second-order valence-electron chi connectivity index (χ2n) is 13.4. The van der Waals surface area contributed by atoms with E-state index in [2.05, 4.69) is 140 Å². The van der Waals surface area contributed by atoms with E-state index in [1.807, 2.05) is 41.7 Å². The first-order valence-corrected chi connectivity index (χ1v) is 19.5. The minimum absolute atomic E-state index is 0.627. The first kappa shape index (κ1) is 31.0. The van der Waals surface area contributed by atoms with Gasteiger partial charge in [-0.05, 0) is 28.6 Å². The fourth-order valence-corrected chi connectivity index (χ4v) is 9.89. The third-order valence-corrected chi connectivity index (χ3v) is 12.5. The first-order valence-electron chi connectivity index (χ1n) is 17.9. The zero-order valence-electron chi connectivity index (χ0n) is 28.8. The molecule has 0 N–H and O–H groups in total. The highest BCUT2D eigenvalue weighted by Crippen LogP contribution is 2.42. The van der Waals surface area contributed by atoms with Crippen molar-refractivity contribution in [3.05, 3.63) is 170 Å². The van der Waals surface area contributed by atoms with Gasteiger partial charge in [-0.3, -0.25) is 0 Å². The smallest absolute Gasteiger partial charge is 0.164 e. The molecule has 252 valence electrons. The van der Waals surface area contributed by atoms with Crippen LogP contribution < -0.4 is 0 Å². The van der Waals surface area contributed by atoms with Gasteiger partial charge in [0.2, 0.25) is 0 Å². The van der Waals surface area contributed by atoms with Crippen LogP contribution in [0.1, 0.15) is 0 Å². The highest BCUT2D eigenvalue weighted by atomic mass is 32.1. The van der Waals surface area contributed by atoms with Gasteiger partial charge in [0.1, 0.15) is 4.83 Å². The number of thiophene rings is 2. The molecule has 0 unspecified atom stereocenters. The van der Waals surface area contributed by atoms with Crippen molar-refractivity contribution < 1.29 is 0 Å². The summed E-state index contributed by atoms with van der Waals surface area (Å²) in [7, 11) is 0. The van der Waals surface area contributed by atoms with Gasteiger partial charge in [-0.1, -0.05) is 158 Å². The molecule has 11 aromatic rings. The Bertz CT molecular complexity index is 3200. The van der Waals surface area contributed by atoms with Crippen molar-refractivity contribution in [3.63, 3.8) is 0 Å². The molecular formula is C48H28N4S2. The van der Waals surface area contributed by atoms with Crippen LogP contribution in [0.3, 0.4) is 0 Å². The van der Waals surface area contributed by atoms with Gasteiger partial charge in [0.05, 0.1) is 5.69 Å². The maximum absolute atomic E-state index is 5.26. The minimum atomic E-state index is 0.627. The molecule has 11 rings (SSSR count). The first-order chi connectivity index (χ1) is 26.7. The molecule has 54 heavy (non-hydrogen) atoms. The van der Waals surface area contributed by atoms with Gasteiger partial charge in [0.25, 0.3) is 0 Å². The average molecular weight is 725 g/mol. The standard InChI is InChI=1S/C48H28N4S2/c1-2-11-31(12-3-1)45-50-46(32-25-21-29(22-26-32)34-17-10-18-38-35-13-6-8-19-40(35)53-44(34)38)52-47(51-45)33-27-23-30(24-28-33)43-37-15-5-4-14-36(37)42-39-16-7-9-20-41(39)54-48(42)49-43/h1-28H. The summed E-state index contributed by atoms with van der Waals surface area (Å²) in [4.78, 5) is 21.4. The molecule has 0 saturated carbocycles. The van der Waals surface area contributed by atoms with Crippen LogP contribution in [0.25, 0.3) is 108 Å². The SMILES string of the molecule is c1ccc(-c2nc(-c3ccc(-c4nc5sc6ccccc6c5c5ccccc45)cc3)nc(-c3ccc(-c4cccc5c4sc4ccccc45)cc3)n2)cc1. The summed E-state index contributed by atoms with van der Waals surface area (Å²) in [6.45, 7) is 0. The van der Waals surface area contributed by atoms with Crippen LogP contribution >= 0.6 is 22.7 Å². The number of rotatable bonds is 5. The molecule has 0 aliphatic rings. The largest absolute Gasteiger partial charge is 0.236 e. The number of hydrogen-bond acceptors (Lipinski definition) is 6. The normalized spacial score (nSPS) is 11.7. The third kappa shape index (κ3) is 5.11. The van der Waals surface area contributed by atoms with Gasteiger partial charge in [-0.15, -0.1) is 22.7 Å². The van der Waals surface area contributed by atoms with Crippen LogP contribution in [0, 0.1) is 0 Å². The molecule has 0 aliphatic heterocycles. The van der Waals surface area contributed by atoms with E-state index in [1.54, 1.807) is 11.3 Å². The van der Waals surface area contributed by atoms with Crippen molar-refractivity contribution in [2.45, 2.75) is 0 Å². The monoisotopic (exact) mass is 724 g/mol. The lowest BCUT2D eigenvalue weighted by Crippen LogP contribution is -2.00. The van der Waals surface area contributed by atoms with Gasteiger partial charge in [0.15, 0.2) is 17.5 Å². The second kappa shape index (κ2) is 12.5. The summed E-state index contributed by atoms with van der Waals surface area (Å²) in [5, 5.41) is 7.44. The van der Waals surface area contributed by atoms with E-state index >= 15 is 0 Å². The molecule has 0 spiro atoms. The molecular weight excluding hydrogens is 697 g/mol. The lowest BCUT2D eigenvalue weighted by molar-refractivity contribution is 1.07. The van der Waals surface area contributed by atoms with E-state index < -0.39 is 0 Å². The van der Waals surface area contributed by atoms with Crippen LogP contribution in [0.15, 0.2) is 170 Å². The lowest BCUT2D eigenvalue weighted by atomic mass is 10.00. The Kier molecular flexibility index (Phi) is 7.18. The Labute approximate surface area is 318 Å². The summed E-state index contributed by atoms with van der Waals surface area (Å²) in [6, 6.07) is 59.6. The Morgan fingerprint density at radius 1 is 0.315 bits per heavy atom. The van der Waals surface area contributed by atoms with Crippen LogP contribution in [0.2, 0.25) is 0 Å². The van der Waals surface area contributed by atoms with Crippen LogP contribution in [-0.2, 0) is 0 Å². The molecule has 7 aromatic carbocycles. The van der Waals surface area contributed by atoms with Gasteiger partial charge in [-0.25, -0.2) is 19.9 Å². The topological polar surface area (TPSA) is 51.6 Å². The van der Waals surface area contributed by atoms with Crippen molar-refractivity contribution in [1.82, 2.24) is 19.9 Å². The summed E-state index contributed by atoms with van der Waals surface area (Å²) < 4.78 is 3.86. The Morgan fingerprint density at radius 3 is 1.50 bits per heavy atom. The number of hydrogen-bond donors (Lipinski definition) is 0. The van der Waals surface area contributed by atoms with Crippen molar-refractivity contribution in [1.29, 1.82) is 0 Å². The highest BCUT2D eigenvalue weighted by Gasteiger charge is 2.17. The van der Waals surface area contributed by atoms with Crippen molar-refractivity contribution in [3.8, 4) is 56.5 Å². The fourth-order valence-electron chi connectivity index (χ4n) is 7.56. The quantitative estimate of drug-likeness (QED) is 0.177. The van der Waals surface area contributed by atoms with Gasteiger partial charge >= 0.3 is 0 Å². The lowest BCUT2D eigenvalue weighted by Gasteiger charge is -2.11. The molecule has 4 aromatic heterocycles. The molecule has 0 aliphatic carbocycles. The predicted molar refractivity (Wildman–Crippen MR) is 228 cm³/mol. The predicted octanol–water partition coefficient (Wildman–Crippen LogP) is 13.5. The molecule has 0 radical (unpaired) electrons. The fraction of sp³-hybridized carbons (Fsp3) is 0. The molecule has 0 bridgehead atoms. The molecule has 0 saturated heterocycles. The van der Waals surface area contributed by atoms with Gasteiger partial charge in [0, 0.05) is 63.3 Å². The highest BCUT2D eigenvalue weighted by molar-refractivity contribution is 7.26. The van der Waals surface area contributed by atoms with E-state index in [9.17, 15) is 0 Å². The Balaban J connectivity index is 0.995. The van der Waals surface area contributed by atoms with Crippen LogP contribution in [0.5, 0.6) is 0 Å². The number of benzene rings is 7. The maximum atomic E-state index is 5.26. The number of fused-ring (bicyclic) bond motifs is 8. The van der Waals surface area contributed by atoms with E-state index in [4.69, 9.17) is 19.9 Å². The Morgan fingerprint density at radius 2 is 0.815 bits per heavy atom. The average Bonchev–Trinajstić information content (AvgIpc) is 3.82. The van der Waals surface area contributed by atoms with E-state index in [0.717, 1.165) is 38.2 Å². The summed E-state index contributed by atoms with van der Waals surface area (Å²) in [5.41, 5.74) is 7.22. The van der Waals surface area contributed by atoms with E-state index in [0.29, 0.717) is 17.5 Å². The van der Waals surface area contributed by atoms with Crippen LogP contribution in [0.4, 0.5) is 0 Å². The summed E-state index contributed by atoms with van der Waals surface area (Å²) >= 11 is 3.59. The molecule has 4 heterocycles. The van der Waals surface area contributed by atoms with Gasteiger partial charge in [-0.2, -0.15) is 0 Å². The number of pyridine rings is 1. The van der Waals surface area contributed by atoms with Crippen LogP contribution in [-0.4, -0.2) is 19.9 Å². The molecule has 6 heteroatoms. The van der Waals surface area contributed by atoms with Crippen molar-refractivity contribution in [2.24, 2.45) is 0 Å². The molecule has 0 amide bonds. The Hall–Kier alpha value is -6.60. The zero-order valence-corrected chi connectivity index (χ0v) is 30.4. The maximum Gasteiger partial charge on any atom is 0.164 e. The molecule has 0 fully saturated rings. The summed E-state index contributed by atoms with van der Waals surface area (Å²) in [5.74, 6) is 1.90. The van der Waals surface area contributed by atoms with Gasteiger partial charge < -0.3 is 0 Å². The van der Waals surface area contributed by atoms with E-state index in [-0.39, 0.29) is 0 Å². The zero-order chi connectivity index (χ0) is 35.6. The van der Waals surface area contributed by atoms with Crippen molar-refractivity contribution >= 4 is 73.9 Å². The minimum Gasteiger partial charge on any atom is -0.236 e.